The van der Waals surface area contributed by atoms with Crippen LogP contribution in [0.3, 0.4) is 0 Å². The molecule has 108 valence electrons. The zero-order valence-corrected chi connectivity index (χ0v) is 12.0. The van der Waals surface area contributed by atoms with Crippen LogP contribution in [0.5, 0.6) is 0 Å². The minimum atomic E-state index is -3.49. The standard InChI is InChI=1S/C14H18N2O3S/c17-14(16-10-4-11-16)7-9-15-20(18,19)12-8-13-5-2-1-3-6-13/h1-3,5-6,8,12,15H,4,7,9-11H2/b12-8+. The number of hydrogen-bond donors (Lipinski definition) is 1. The summed E-state index contributed by atoms with van der Waals surface area (Å²) in [5.74, 6) is 0.00555. The van der Waals surface area contributed by atoms with E-state index in [1.807, 2.05) is 30.3 Å². The first-order chi connectivity index (χ1) is 9.57. The van der Waals surface area contributed by atoms with Gasteiger partial charge in [-0.2, -0.15) is 0 Å². The van der Waals surface area contributed by atoms with Gasteiger partial charge in [0.15, 0.2) is 0 Å². The molecule has 1 aromatic carbocycles. The van der Waals surface area contributed by atoms with E-state index in [-0.39, 0.29) is 18.9 Å². The molecule has 0 aromatic heterocycles. The predicted molar refractivity (Wildman–Crippen MR) is 78.2 cm³/mol. The number of rotatable bonds is 6. The van der Waals surface area contributed by atoms with E-state index in [4.69, 9.17) is 0 Å². The normalized spacial score (nSPS) is 15.3. The SMILES string of the molecule is O=C(CCNS(=O)(=O)/C=C/c1ccccc1)N1CCC1. The molecule has 1 fully saturated rings. The minimum absolute atomic E-state index is 0.00555. The minimum Gasteiger partial charge on any atom is -0.343 e. The first-order valence-electron chi connectivity index (χ1n) is 6.57. The molecule has 20 heavy (non-hydrogen) atoms. The molecule has 0 radical (unpaired) electrons. The summed E-state index contributed by atoms with van der Waals surface area (Å²) in [5.41, 5.74) is 0.814. The number of sulfonamides is 1. The van der Waals surface area contributed by atoms with Gasteiger partial charge in [-0.05, 0) is 18.1 Å². The number of carbonyl (C=O) groups is 1. The van der Waals surface area contributed by atoms with Crippen molar-refractivity contribution in [3.8, 4) is 0 Å². The number of amides is 1. The van der Waals surface area contributed by atoms with Crippen LogP contribution in [0, 0.1) is 0 Å². The van der Waals surface area contributed by atoms with Gasteiger partial charge in [-0.15, -0.1) is 0 Å². The monoisotopic (exact) mass is 294 g/mol. The van der Waals surface area contributed by atoms with E-state index in [1.54, 1.807) is 4.90 Å². The average Bonchev–Trinajstić information content (AvgIpc) is 2.35. The molecular formula is C14H18N2O3S. The number of benzene rings is 1. The maximum absolute atomic E-state index is 11.7. The molecule has 0 unspecified atom stereocenters. The molecule has 0 aliphatic carbocycles. The largest absolute Gasteiger partial charge is 0.343 e. The topological polar surface area (TPSA) is 66.5 Å². The molecule has 1 saturated heterocycles. The highest BCUT2D eigenvalue weighted by molar-refractivity contribution is 7.92. The predicted octanol–water partition coefficient (Wildman–Crippen LogP) is 1.20. The van der Waals surface area contributed by atoms with Gasteiger partial charge in [-0.25, -0.2) is 13.1 Å². The van der Waals surface area contributed by atoms with Crippen LogP contribution >= 0.6 is 0 Å². The lowest BCUT2D eigenvalue weighted by molar-refractivity contribution is -0.134. The van der Waals surface area contributed by atoms with Gasteiger partial charge < -0.3 is 4.90 Å². The maximum Gasteiger partial charge on any atom is 0.233 e. The van der Waals surface area contributed by atoms with Gasteiger partial charge >= 0.3 is 0 Å². The molecule has 0 atom stereocenters. The van der Waals surface area contributed by atoms with Gasteiger partial charge in [-0.1, -0.05) is 30.3 Å². The van der Waals surface area contributed by atoms with E-state index in [0.717, 1.165) is 30.5 Å². The summed E-state index contributed by atoms with van der Waals surface area (Å²) in [6.07, 6.45) is 2.77. The summed E-state index contributed by atoms with van der Waals surface area (Å²) < 4.78 is 25.8. The van der Waals surface area contributed by atoms with Crippen molar-refractivity contribution in [1.82, 2.24) is 9.62 Å². The second-order valence-electron chi connectivity index (χ2n) is 4.64. The molecule has 0 saturated carbocycles. The van der Waals surface area contributed by atoms with Crippen molar-refractivity contribution >= 4 is 22.0 Å². The van der Waals surface area contributed by atoms with Crippen molar-refractivity contribution in [2.45, 2.75) is 12.8 Å². The van der Waals surface area contributed by atoms with E-state index in [0.29, 0.717) is 0 Å². The summed E-state index contributed by atoms with van der Waals surface area (Å²) >= 11 is 0. The zero-order chi connectivity index (χ0) is 14.4. The molecule has 5 nitrogen and oxygen atoms in total. The van der Waals surface area contributed by atoms with Crippen molar-refractivity contribution in [2.24, 2.45) is 0 Å². The molecule has 2 rings (SSSR count). The van der Waals surface area contributed by atoms with Gasteiger partial charge in [0, 0.05) is 31.5 Å². The Morgan fingerprint density at radius 1 is 1.25 bits per heavy atom. The van der Waals surface area contributed by atoms with E-state index in [1.165, 1.54) is 6.08 Å². The van der Waals surface area contributed by atoms with Crippen LogP contribution < -0.4 is 4.72 Å². The second-order valence-corrected chi connectivity index (χ2v) is 6.29. The summed E-state index contributed by atoms with van der Waals surface area (Å²) in [5, 5.41) is 1.12. The maximum atomic E-state index is 11.7. The van der Waals surface area contributed by atoms with Crippen LogP contribution in [0.25, 0.3) is 6.08 Å². The Hall–Kier alpha value is -1.66. The highest BCUT2D eigenvalue weighted by atomic mass is 32.2. The first kappa shape index (κ1) is 14.7. The van der Waals surface area contributed by atoms with Gasteiger partial charge in [-0.3, -0.25) is 4.79 Å². The van der Waals surface area contributed by atoms with E-state index in [9.17, 15) is 13.2 Å². The summed E-state index contributed by atoms with van der Waals surface area (Å²) in [4.78, 5) is 13.3. The van der Waals surface area contributed by atoms with E-state index in [2.05, 4.69) is 4.72 Å². The molecule has 6 heteroatoms. The molecule has 1 aliphatic rings. The molecule has 0 bridgehead atoms. The fraction of sp³-hybridized carbons (Fsp3) is 0.357. The number of nitrogens with one attached hydrogen (secondary N) is 1. The fourth-order valence-corrected chi connectivity index (χ4v) is 2.62. The molecule has 1 heterocycles. The number of nitrogens with zero attached hydrogens (tertiary/aromatic N) is 1. The lowest BCUT2D eigenvalue weighted by atomic mass is 10.2. The van der Waals surface area contributed by atoms with Gasteiger partial charge in [0.05, 0.1) is 0 Å². The highest BCUT2D eigenvalue weighted by Crippen LogP contribution is 2.07. The van der Waals surface area contributed by atoms with Crippen molar-refractivity contribution in [3.63, 3.8) is 0 Å². The van der Waals surface area contributed by atoms with Crippen LogP contribution in [0.4, 0.5) is 0 Å². The third-order valence-electron chi connectivity index (χ3n) is 3.09. The summed E-state index contributed by atoms with van der Waals surface area (Å²) in [6, 6.07) is 9.18. The molecule has 1 amide bonds. The molecule has 1 aromatic rings. The molecule has 0 spiro atoms. The van der Waals surface area contributed by atoms with E-state index >= 15 is 0 Å². The van der Waals surface area contributed by atoms with Gasteiger partial charge in [0.25, 0.3) is 0 Å². The average molecular weight is 294 g/mol. The van der Waals surface area contributed by atoms with E-state index < -0.39 is 10.0 Å². The van der Waals surface area contributed by atoms with Crippen LogP contribution in [0.2, 0.25) is 0 Å². The van der Waals surface area contributed by atoms with Crippen LogP contribution in [0.1, 0.15) is 18.4 Å². The fourth-order valence-electron chi connectivity index (χ4n) is 1.80. The summed E-state index contributed by atoms with van der Waals surface area (Å²) in [7, 11) is -3.49. The number of hydrogen-bond acceptors (Lipinski definition) is 3. The lowest BCUT2D eigenvalue weighted by Crippen LogP contribution is -2.43. The molecule has 1 N–H and O–H groups in total. The van der Waals surface area contributed by atoms with Gasteiger partial charge in [0.2, 0.25) is 15.9 Å². The Bertz CT molecular complexity index is 578. The van der Waals surface area contributed by atoms with Crippen LogP contribution in [0.15, 0.2) is 35.7 Å². The van der Waals surface area contributed by atoms with Crippen molar-refractivity contribution in [1.29, 1.82) is 0 Å². The Morgan fingerprint density at radius 2 is 1.95 bits per heavy atom. The second kappa shape index (κ2) is 6.67. The van der Waals surface area contributed by atoms with Crippen molar-refractivity contribution < 1.29 is 13.2 Å². The van der Waals surface area contributed by atoms with Crippen molar-refractivity contribution in [2.75, 3.05) is 19.6 Å². The highest BCUT2D eigenvalue weighted by Gasteiger charge is 2.19. The number of carbonyl (C=O) groups excluding carboxylic acids is 1. The number of likely N-dealkylation sites (tertiary alicyclic amines) is 1. The van der Waals surface area contributed by atoms with Crippen LogP contribution in [-0.4, -0.2) is 38.9 Å². The quantitative estimate of drug-likeness (QED) is 0.857. The Labute approximate surface area is 119 Å². The smallest absolute Gasteiger partial charge is 0.233 e. The molecule has 1 aliphatic heterocycles. The first-order valence-corrected chi connectivity index (χ1v) is 8.12. The Balaban J connectivity index is 1.79. The third kappa shape index (κ3) is 4.47. The van der Waals surface area contributed by atoms with Gasteiger partial charge in [0.1, 0.15) is 0 Å². The molecular weight excluding hydrogens is 276 g/mol. The van der Waals surface area contributed by atoms with Crippen LogP contribution in [-0.2, 0) is 14.8 Å². The third-order valence-corrected chi connectivity index (χ3v) is 4.19. The Kier molecular flexibility index (Phi) is 4.92. The summed E-state index contributed by atoms with van der Waals surface area (Å²) in [6.45, 7) is 1.72. The lowest BCUT2D eigenvalue weighted by Gasteiger charge is -2.30. The Morgan fingerprint density at radius 3 is 2.55 bits per heavy atom. The zero-order valence-electron chi connectivity index (χ0n) is 11.2. The van der Waals surface area contributed by atoms with Crippen molar-refractivity contribution in [3.05, 3.63) is 41.3 Å².